The monoisotopic (exact) mass is 693 g/mol. The molecule has 0 radical (unpaired) electrons. The standard InChI is InChI=1S/C53H43N/c1-36(51-34-41-17-7-9-19-45(41)47-21-11-13-23-49(47)51)25-26-38(3)54(44-30-27-40(28-31-44)39-15-5-4-6-16-39)53-32-29-43(33-37(53)2)52-35-42-18-8-10-20-46(42)48-22-12-14-24-50(48)52/h4-35,37,53H,1-3H3/b36-25+,38-26+. The van der Waals surface area contributed by atoms with Crippen molar-refractivity contribution in [2.75, 3.05) is 4.90 Å². The smallest absolute Gasteiger partial charge is 0.0582 e. The van der Waals surface area contributed by atoms with Crippen molar-refractivity contribution in [3.63, 3.8) is 0 Å². The van der Waals surface area contributed by atoms with Crippen molar-refractivity contribution in [1.82, 2.24) is 0 Å². The van der Waals surface area contributed by atoms with Crippen molar-refractivity contribution in [2.45, 2.75) is 26.8 Å². The molecule has 8 aromatic carbocycles. The van der Waals surface area contributed by atoms with Gasteiger partial charge in [0, 0.05) is 11.4 Å². The minimum absolute atomic E-state index is 0.134. The second-order valence-corrected chi connectivity index (χ2v) is 14.7. The van der Waals surface area contributed by atoms with Crippen molar-refractivity contribution >= 4 is 59.9 Å². The van der Waals surface area contributed by atoms with E-state index >= 15 is 0 Å². The zero-order valence-electron chi connectivity index (χ0n) is 31.1. The Morgan fingerprint density at radius 1 is 0.519 bits per heavy atom. The summed E-state index contributed by atoms with van der Waals surface area (Å²) in [5, 5.41) is 10.3. The van der Waals surface area contributed by atoms with Gasteiger partial charge in [0.2, 0.25) is 0 Å². The van der Waals surface area contributed by atoms with Crippen molar-refractivity contribution in [2.24, 2.45) is 5.92 Å². The molecule has 1 aliphatic rings. The molecule has 9 rings (SSSR count). The summed E-state index contributed by atoms with van der Waals surface area (Å²) in [5.74, 6) is 0.252. The molecule has 0 N–H and O–H groups in total. The predicted octanol–water partition coefficient (Wildman–Crippen LogP) is 14.4. The van der Waals surface area contributed by atoms with Gasteiger partial charge in [0.05, 0.1) is 6.04 Å². The van der Waals surface area contributed by atoms with Crippen LogP contribution in [-0.4, -0.2) is 6.04 Å². The van der Waals surface area contributed by atoms with Gasteiger partial charge >= 0.3 is 0 Å². The average molecular weight is 694 g/mol. The molecular weight excluding hydrogens is 651 g/mol. The molecule has 0 amide bonds. The minimum Gasteiger partial charge on any atom is -0.338 e. The number of hydrogen-bond acceptors (Lipinski definition) is 1. The Hall–Kier alpha value is -6.44. The molecule has 2 unspecified atom stereocenters. The van der Waals surface area contributed by atoms with Crippen LogP contribution in [0.15, 0.2) is 200 Å². The van der Waals surface area contributed by atoms with Crippen LogP contribution in [0.2, 0.25) is 0 Å². The SMILES string of the molecule is C/C(=C\C=C(/C)N(c1ccc(-c2ccccc2)cc1)C1C=CC(c2cc3ccccc3c3ccccc23)=CC1C)c1cc2ccccc2c2ccccc12. The van der Waals surface area contributed by atoms with Crippen molar-refractivity contribution < 1.29 is 0 Å². The number of anilines is 1. The lowest BCUT2D eigenvalue weighted by Crippen LogP contribution is -2.37. The lowest BCUT2D eigenvalue weighted by molar-refractivity contribution is 0.596. The summed E-state index contributed by atoms with van der Waals surface area (Å²) in [6.07, 6.45) is 11.8. The van der Waals surface area contributed by atoms with Crippen LogP contribution in [0.4, 0.5) is 5.69 Å². The van der Waals surface area contributed by atoms with Gasteiger partial charge in [0.15, 0.2) is 0 Å². The highest BCUT2D eigenvalue weighted by Crippen LogP contribution is 2.38. The zero-order chi connectivity index (χ0) is 36.6. The highest BCUT2D eigenvalue weighted by molar-refractivity contribution is 6.13. The summed E-state index contributed by atoms with van der Waals surface area (Å²) < 4.78 is 0. The Morgan fingerprint density at radius 3 is 1.72 bits per heavy atom. The molecule has 1 aliphatic carbocycles. The maximum Gasteiger partial charge on any atom is 0.0582 e. The van der Waals surface area contributed by atoms with Crippen molar-refractivity contribution in [3.05, 3.63) is 211 Å². The van der Waals surface area contributed by atoms with E-state index in [2.05, 4.69) is 220 Å². The number of benzene rings is 8. The van der Waals surface area contributed by atoms with E-state index in [1.54, 1.807) is 0 Å². The minimum atomic E-state index is 0.134. The van der Waals surface area contributed by atoms with Crippen LogP contribution in [0.1, 0.15) is 31.9 Å². The fourth-order valence-corrected chi connectivity index (χ4v) is 8.46. The van der Waals surface area contributed by atoms with E-state index in [1.165, 1.54) is 87.9 Å². The van der Waals surface area contributed by atoms with Gasteiger partial charge in [-0.3, -0.25) is 0 Å². The van der Waals surface area contributed by atoms with Crippen LogP contribution in [0.5, 0.6) is 0 Å². The fraction of sp³-hybridized carbons (Fsp3) is 0.0943. The summed E-state index contributed by atoms with van der Waals surface area (Å²) in [5.41, 5.74) is 9.91. The molecule has 260 valence electrons. The van der Waals surface area contributed by atoms with Crippen LogP contribution in [0.25, 0.3) is 65.4 Å². The van der Waals surface area contributed by atoms with Gasteiger partial charge in [-0.25, -0.2) is 0 Å². The first kappa shape index (κ1) is 33.4. The second-order valence-electron chi connectivity index (χ2n) is 14.7. The normalized spacial score (nSPS) is 16.3. The summed E-state index contributed by atoms with van der Waals surface area (Å²) in [6.45, 7) is 6.85. The molecule has 54 heavy (non-hydrogen) atoms. The molecular formula is C53H43N. The highest BCUT2D eigenvalue weighted by atomic mass is 15.2. The van der Waals surface area contributed by atoms with Gasteiger partial charge in [-0.2, -0.15) is 0 Å². The number of rotatable bonds is 7. The van der Waals surface area contributed by atoms with Crippen LogP contribution in [-0.2, 0) is 0 Å². The first-order valence-corrected chi connectivity index (χ1v) is 19.1. The number of nitrogens with zero attached hydrogens (tertiary/aromatic N) is 1. The summed E-state index contributed by atoms with van der Waals surface area (Å²) in [4.78, 5) is 2.52. The zero-order valence-corrected chi connectivity index (χ0v) is 31.1. The van der Waals surface area contributed by atoms with Gasteiger partial charge in [-0.1, -0.05) is 171 Å². The second kappa shape index (κ2) is 14.2. The Morgan fingerprint density at radius 2 is 1.06 bits per heavy atom. The quantitative estimate of drug-likeness (QED) is 0.119. The summed E-state index contributed by atoms with van der Waals surface area (Å²) >= 11 is 0. The topological polar surface area (TPSA) is 3.24 Å². The molecule has 1 nitrogen and oxygen atoms in total. The molecule has 0 bridgehead atoms. The average Bonchev–Trinajstić information content (AvgIpc) is 3.23. The highest BCUT2D eigenvalue weighted by Gasteiger charge is 2.26. The predicted molar refractivity (Wildman–Crippen MR) is 235 cm³/mol. The van der Waals surface area contributed by atoms with Gasteiger partial charge in [-0.05, 0) is 127 Å². The van der Waals surface area contributed by atoms with Crippen LogP contribution in [0.3, 0.4) is 0 Å². The third-order valence-electron chi connectivity index (χ3n) is 11.2. The van der Waals surface area contributed by atoms with Crippen LogP contribution < -0.4 is 4.90 Å². The fourth-order valence-electron chi connectivity index (χ4n) is 8.46. The maximum atomic E-state index is 2.52. The Kier molecular flexibility index (Phi) is 8.77. The summed E-state index contributed by atoms with van der Waals surface area (Å²) in [6, 6.07) is 59.6. The number of allylic oxidation sites excluding steroid dienone is 6. The summed E-state index contributed by atoms with van der Waals surface area (Å²) in [7, 11) is 0. The molecule has 0 fully saturated rings. The Bertz CT molecular complexity index is 2800. The van der Waals surface area contributed by atoms with E-state index in [0.717, 1.165) is 0 Å². The van der Waals surface area contributed by atoms with Gasteiger partial charge in [0.25, 0.3) is 0 Å². The lowest BCUT2D eigenvalue weighted by Gasteiger charge is -2.37. The lowest BCUT2D eigenvalue weighted by atomic mass is 9.85. The van der Waals surface area contributed by atoms with Gasteiger partial charge in [-0.15, -0.1) is 0 Å². The van der Waals surface area contributed by atoms with Crippen LogP contribution in [0, 0.1) is 5.92 Å². The number of fused-ring (bicyclic) bond motifs is 6. The molecule has 0 heterocycles. The molecule has 1 heteroatoms. The van der Waals surface area contributed by atoms with Gasteiger partial charge in [0.1, 0.15) is 0 Å². The first-order chi connectivity index (χ1) is 26.5. The molecule has 8 aromatic rings. The van der Waals surface area contributed by atoms with Crippen LogP contribution >= 0.6 is 0 Å². The molecule has 2 atom stereocenters. The van der Waals surface area contributed by atoms with E-state index in [1.807, 2.05) is 0 Å². The van der Waals surface area contributed by atoms with Gasteiger partial charge < -0.3 is 4.90 Å². The molecule has 0 aromatic heterocycles. The molecule has 0 saturated carbocycles. The van der Waals surface area contributed by atoms with Crippen molar-refractivity contribution in [3.8, 4) is 11.1 Å². The first-order valence-electron chi connectivity index (χ1n) is 19.1. The Labute approximate surface area is 318 Å². The van der Waals surface area contributed by atoms with Crippen molar-refractivity contribution in [1.29, 1.82) is 0 Å². The molecule has 0 spiro atoms. The Balaban J connectivity index is 1.11. The number of hydrogen-bond donors (Lipinski definition) is 0. The van der Waals surface area contributed by atoms with E-state index in [-0.39, 0.29) is 12.0 Å². The van der Waals surface area contributed by atoms with E-state index in [9.17, 15) is 0 Å². The molecule has 0 aliphatic heterocycles. The van der Waals surface area contributed by atoms with E-state index in [4.69, 9.17) is 0 Å². The largest absolute Gasteiger partial charge is 0.338 e. The molecule has 0 saturated heterocycles. The maximum absolute atomic E-state index is 2.52. The third kappa shape index (κ3) is 6.12. The third-order valence-corrected chi connectivity index (χ3v) is 11.2. The van der Waals surface area contributed by atoms with E-state index < -0.39 is 0 Å². The van der Waals surface area contributed by atoms with E-state index in [0.29, 0.717) is 0 Å².